The number of ether oxygens (including phenoxy) is 1. The molecule has 2 aromatic heterocycles. The summed E-state index contributed by atoms with van der Waals surface area (Å²) in [5.74, 6) is -0.353. The van der Waals surface area contributed by atoms with Crippen molar-refractivity contribution in [2.75, 3.05) is 0 Å². The third-order valence-electron chi connectivity index (χ3n) is 3.74. The van der Waals surface area contributed by atoms with E-state index in [9.17, 15) is 4.79 Å². The van der Waals surface area contributed by atoms with Gasteiger partial charge in [-0.25, -0.2) is 19.4 Å². The van der Waals surface area contributed by atoms with Gasteiger partial charge in [0.25, 0.3) is 0 Å². The van der Waals surface area contributed by atoms with E-state index in [0.29, 0.717) is 11.4 Å². The summed E-state index contributed by atoms with van der Waals surface area (Å²) in [6.07, 6.45) is 7.32. The zero-order valence-electron chi connectivity index (χ0n) is 14.0. The second kappa shape index (κ2) is 8.53. The van der Waals surface area contributed by atoms with Crippen LogP contribution in [0, 0.1) is 0 Å². The number of aryl methyl sites for hydroxylation is 1. The van der Waals surface area contributed by atoms with Gasteiger partial charge in [-0.2, -0.15) is 5.10 Å². The van der Waals surface area contributed by atoms with Gasteiger partial charge in [0.05, 0.1) is 17.7 Å². The SMILES string of the molecule is CCCCc1ncc(C(=O)OC(Cn2cncn2)c2ccccc2)s1. The third kappa shape index (κ3) is 4.73. The summed E-state index contributed by atoms with van der Waals surface area (Å²) in [6, 6.07) is 9.66. The molecule has 0 aliphatic rings. The number of nitrogens with zero attached hydrogens (tertiary/aromatic N) is 4. The summed E-state index contributed by atoms with van der Waals surface area (Å²) in [7, 11) is 0. The zero-order chi connectivity index (χ0) is 17.5. The number of hydrogen-bond acceptors (Lipinski definition) is 6. The number of aromatic nitrogens is 4. The molecule has 0 amide bonds. The Labute approximate surface area is 150 Å². The Kier molecular flexibility index (Phi) is 5.90. The van der Waals surface area contributed by atoms with Crippen molar-refractivity contribution in [3.63, 3.8) is 0 Å². The van der Waals surface area contributed by atoms with Crippen molar-refractivity contribution in [3.8, 4) is 0 Å². The molecule has 25 heavy (non-hydrogen) atoms. The lowest BCUT2D eigenvalue weighted by atomic mass is 10.1. The Hall–Kier alpha value is -2.54. The standard InChI is InChI=1S/C18H20N4O2S/c1-2-3-9-17-20-10-16(25-17)18(23)24-15(11-22-13-19-12-21-22)14-7-5-4-6-8-14/h4-8,10,12-13,15H,2-3,9,11H2,1H3. The summed E-state index contributed by atoms with van der Waals surface area (Å²) in [6.45, 7) is 2.55. The van der Waals surface area contributed by atoms with Gasteiger partial charge >= 0.3 is 5.97 Å². The molecular weight excluding hydrogens is 336 g/mol. The zero-order valence-corrected chi connectivity index (χ0v) is 14.9. The van der Waals surface area contributed by atoms with Gasteiger partial charge in [0.2, 0.25) is 0 Å². The summed E-state index contributed by atoms with van der Waals surface area (Å²) >= 11 is 1.41. The molecule has 0 N–H and O–H groups in total. The van der Waals surface area contributed by atoms with Crippen LogP contribution in [0.2, 0.25) is 0 Å². The molecule has 0 spiro atoms. The van der Waals surface area contributed by atoms with Gasteiger partial charge in [-0.3, -0.25) is 0 Å². The van der Waals surface area contributed by atoms with Gasteiger partial charge in [0.15, 0.2) is 0 Å². The second-order valence-electron chi connectivity index (χ2n) is 5.64. The average molecular weight is 356 g/mol. The van der Waals surface area contributed by atoms with E-state index in [1.807, 2.05) is 30.3 Å². The van der Waals surface area contributed by atoms with E-state index in [-0.39, 0.29) is 5.97 Å². The quantitative estimate of drug-likeness (QED) is 0.576. The fourth-order valence-corrected chi connectivity index (χ4v) is 3.25. The van der Waals surface area contributed by atoms with E-state index in [2.05, 4.69) is 22.0 Å². The number of carbonyl (C=O) groups is 1. The molecule has 0 saturated heterocycles. The highest BCUT2D eigenvalue weighted by Gasteiger charge is 2.20. The van der Waals surface area contributed by atoms with E-state index < -0.39 is 6.10 Å². The molecule has 1 aromatic carbocycles. The Morgan fingerprint density at radius 3 is 2.88 bits per heavy atom. The lowest BCUT2D eigenvalue weighted by Crippen LogP contribution is -2.17. The molecule has 130 valence electrons. The minimum atomic E-state index is -0.434. The molecule has 0 fully saturated rings. The maximum atomic E-state index is 12.5. The number of rotatable bonds is 8. The monoisotopic (exact) mass is 356 g/mol. The fourth-order valence-electron chi connectivity index (χ4n) is 2.41. The number of unbranched alkanes of at least 4 members (excludes halogenated alkanes) is 1. The van der Waals surface area contributed by atoms with Crippen molar-refractivity contribution in [1.82, 2.24) is 19.7 Å². The number of hydrogen-bond donors (Lipinski definition) is 0. The Bertz CT molecular complexity index is 787. The fraction of sp³-hybridized carbons (Fsp3) is 0.333. The second-order valence-corrected chi connectivity index (χ2v) is 6.76. The first kappa shape index (κ1) is 17.3. The summed E-state index contributed by atoms with van der Waals surface area (Å²) in [5.41, 5.74) is 0.919. The first-order chi connectivity index (χ1) is 12.3. The molecule has 6 nitrogen and oxygen atoms in total. The van der Waals surface area contributed by atoms with Crippen LogP contribution in [0.5, 0.6) is 0 Å². The van der Waals surface area contributed by atoms with E-state index in [1.165, 1.54) is 17.7 Å². The van der Waals surface area contributed by atoms with Crippen LogP contribution in [0.1, 0.15) is 46.1 Å². The lowest BCUT2D eigenvalue weighted by molar-refractivity contribution is 0.0252. The highest BCUT2D eigenvalue weighted by molar-refractivity contribution is 7.13. The molecule has 0 radical (unpaired) electrons. The van der Waals surface area contributed by atoms with E-state index in [1.54, 1.807) is 17.2 Å². The van der Waals surface area contributed by atoms with Crippen molar-refractivity contribution in [2.45, 2.75) is 38.8 Å². The predicted molar refractivity (Wildman–Crippen MR) is 95.3 cm³/mol. The van der Waals surface area contributed by atoms with Crippen LogP contribution in [0.15, 0.2) is 49.2 Å². The van der Waals surface area contributed by atoms with E-state index in [4.69, 9.17) is 4.74 Å². The third-order valence-corrected chi connectivity index (χ3v) is 4.78. The smallest absolute Gasteiger partial charge is 0.350 e. The number of carbonyl (C=O) groups excluding carboxylic acids is 1. The van der Waals surface area contributed by atoms with Crippen LogP contribution in [0.25, 0.3) is 0 Å². The molecule has 2 heterocycles. The Balaban J connectivity index is 1.73. The van der Waals surface area contributed by atoms with Gasteiger partial charge < -0.3 is 4.74 Å². The van der Waals surface area contributed by atoms with Gasteiger partial charge in [-0.15, -0.1) is 11.3 Å². The van der Waals surface area contributed by atoms with Crippen molar-refractivity contribution in [1.29, 1.82) is 0 Å². The first-order valence-corrected chi connectivity index (χ1v) is 9.11. The number of thiazole rings is 1. The largest absolute Gasteiger partial charge is 0.451 e. The minimum Gasteiger partial charge on any atom is -0.451 e. The normalized spacial score (nSPS) is 12.0. The maximum absolute atomic E-state index is 12.5. The summed E-state index contributed by atoms with van der Waals surface area (Å²) in [5, 5.41) is 5.08. The predicted octanol–water partition coefficient (Wildman–Crippen LogP) is 3.68. The molecule has 1 atom stereocenters. The molecule has 0 aliphatic carbocycles. The highest BCUT2D eigenvalue weighted by Crippen LogP contribution is 2.23. The van der Waals surface area contributed by atoms with Crippen LogP contribution in [0.4, 0.5) is 0 Å². The molecule has 0 aliphatic heterocycles. The van der Waals surface area contributed by atoms with Crippen molar-refractivity contribution in [2.24, 2.45) is 0 Å². The van der Waals surface area contributed by atoms with Gasteiger partial charge in [-0.1, -0.05) is 43.7 Å². The van der Waals surface area contributed by atoms with Crippen LogP contribution in [-0.2, 0) is 17.7 Å². The first-order valence-electron chi connectivity index (χ1n) is 8.29. The lowest BCUT2D eigenvalue weighted by Gasteiger charge is -2.17. The summed E-state index contributed by atoms with van der Waals surface area (Å²) in [4.78, 5) is 21.3. The molecular formula is C18H20N4O2S. The number of esters is 1. The maximum Gasteiger partial charge on any atom is 0.350 e. The van der Waals surface area contributed by atoms with E-state index in [0.717, 1.165) is 29.8 Å². The Morgan fingerprint density at radius 2 is 2.16 bits per heavy atom. The summed E-state index contributed by atoms with van der Waals surface area (Å²) < 4.78 is 7.41. The molecule has 3 rings (SSSR count). The van der Waals surface area contributed by atoms with Crippen molar-refractivity contribution < 1.29 is 9.53 Å². The molecule has 3 aromatic rings. The van der Waals surface area contributed by atoms with Crippen molar-refractivity contribution >= 4 is 17.3 Å². The molecule has 0 bridgehead atoms. The topological polar surface area (TPSA) is 69.9 Å². The van der Waals surface area contributed by atoms with Gasteiger partial charge in [0, 0.05) is 0 Å². The number of benzene rings is 1. The Morgan fingerprint density at radius 1 is 1.32 bits per heavy atom. The molecule has 1 unspecified atom stereocenters. The van der Waals surface area contributed by atoms with Crippen LogP contribution in [0.3, 0.4) is 0 Å². The molecule has 7 heteroatoms. The van der Waals surface area contributed by atoms with Crippen LogP contribution < -0.4 is 0 Å². The average Bonchev–Trinajstić information content (AvgIpc) is 3.32. The highest BCUT2D eigenvalue weighted by atomic mass is 32.1. The van der Waals surface area contributed by atoms with Crippen LogP contribution >= 0.6 is 11.3 Å². The van der Waals surface area contributed by atoms with Gasteiger partial charge in [0.1, 0.15) is 23.6 Å². The van der Waals surface area contributed by atoms with Crippen molar-refractivity contribution in [3.05, 3.63) is 64.6 Å². The van der Waals surface area contributed by atoms with Crippen LogP contribution in [-0.4, -0.2) is 25.7 Å². The van der Waals surface area contributed by atoms with E-state index >= 15 is 0 Å². The molecule has 0 saturated carbocycles. The minimum absolute atomic E-state index is 0.353. The van der Waals surface area contributed by atoms with Gasteiger partial charge in [-0.05, 0) is 18.4 Å².